The molecule has 1 aromatic heterocycles. The van der Waals surface area contributed by atoms with Crippen molar-refractivity contribution in [3.05, 3.63) is 39.3 Å². The second-order valence-corrected chi connectivity index (χ2v) is 5.77. The molecule has 0 aliphatic carbocycles. The van der Waals surface area contributed by atoms with Gasteiger partial charge in [0.2, 0.25) is 0 Å². The Balaban J connectivity index is 2.31. The quantitative estimate of drug-likeness (QED) is 0.931. The molecule has 0 atom stereocenters. The molecule has 2 nitrogen and oxygen atoms in total. The van der Waals surface area contributed by atoms with Gasteiger partial charge in [0.05, 0.1) is 5.69 Å². The average Bonchev–Trinajstić information content (AvgIpc) is 2.68. The fourth-order valence-electron chi connectivity index (χ4n) is 1.65. The van der Waals surface area contributed by atoms with Crippen molar-refractivity contribution in [2.24, 2.45) is 0 Å². The van der Waals surface area contributed by atoms with Gasteiger partial charge in [-0.25, -0.2) is 4.98 Å². The van der Waals surface area contributed by atoms with E-state index < -0.39 is 0 Å². The summed E-state index contributed by atoms with van der Waals surface area (Å²) in [5, 5.41) is 9.91. The number of halogens is 1. The minimum Gasteiger partial charge on any atom is -0.396 e. The first-order valence-corrected chi connectivity index (χ1v) is 7.15. The van der Waals surface area contributed by atoms with Crippen LogP contribution in [0.2, 0.25) is 0 Å². The van der Waals surface area contributed by atoms with E-state index in [1.165, 1.54) is 4.88 Å². The van der Waals surface area contributed by atoms with Crippen molar-refractivity contribution >= 4 is 27.3 Å². The lowest BCUT2D eigenvalue weighted by atomic mass is 10.2. The van der Waals surface area contributed by atoms with Crippen LogP contribution in [0.3, 0.4) is 0 Å². The van der Waals surface area contributed by atoms with Crippen LogP contribution in [0.25, 0.3) is 10.6 Å². The van der Waals surface area contributed by atoms with E-state index in [1.807, 2.05) is 25.1 Å². The van der Waals surface area contributed by atoms with Crippen molar-refractivity contribution in [2.45, 2.75) is 19.8 Å². The van der Waals surface area contributed by atoms with E-state index in [4.69, 9.17) is 5.11 Å². The predicted octanol–water partition coefficient (Wildman–Crippen LogP) is 3.81. The normalized spacial score (nSPS) is 10.8. The Hall–Kier alpha value is -0.710. The molecule has 17 heavy (non-hydrogen) atoms. The molecule has 0 saturated heterocycles. The van der Waals surface area contributed by atoms with Crippen LogP contribution in [-0.4, -0.2) is 16.7 Å². The fraction of sp³-hybridized carbons (Fsp3) is 0.308. The number of aromatic nitrogens is 1. The molecule has 0 bridgehead atoms. The molecule has 90 valence electrons. The summed E-state index contributed by atoms with van der Waals surface area (Å²) in [6.07, 6.45) is 1.71. The van der Waals surface area contributed by atoms with Gasteiger partial charge in [0, 0.05) is 21.5 Å². The van der Waals surface area contributed by atoms with E-state index in [0.29, 0.717) is 0 Å². The third-order valence-corrected chi connectivity index (χ3v) is 4.50. The number of rotatable bonds is 4. The zero-order valence-corrected chi connectivity index (χ0v) is 12.0. The number of hydrogen-bond acceptors (Lipinski definition) is 3. The van der Waals surface area contributed by atoms with Gasteiger partial charge in [0.15, 0.2) is 0 Å². The smallest absolute Gasteiger partial charge is 0.124 e. The maximum atomic E-state index is 8.86. The predicted molar refractivity (Wildman–Crippen MR) is 75.4 cm³/mol. The average molecular weight is 312 g/mol. The molecule has 2 rings (SSSR count). The molecule has 0 aliphatic heterocycles. The highest BCUT2D eigenvalue weighted by molar-refractivity contribution is 9.10. The van der Waals surface area contributed by atoms with E-state index in [-0.39, 0.29) is 6.61 Å². The van der Waals surface area contributed by atoms with Crippen molar-refractivity contribution in [3.63, 3.8) is 0 Å². The Morgan fingerprint density at radius 3 is 2.82 bits per heavy atom. The Morgan fingerprint density at radius 2 is 2.12 bits per heavy atom. The minimum absolute atomic E-state index is 0.238. The van der Waals surface area contributed by atoms with E-state index in [2.05, 4.69) is 27.0 Å². The van der Waals surface area contributed by atoms with Crippen LogP contribution in [0.4, 0.5) is 0 Å². The van der Waals surface area contributed by atoms with Crippen molar-refractivity contribution in [3.8, 4) is 10.6 Å². The lowest BCUT2D eigenvalue weighted by molar-refractivity contribution is 0.289. The molecule has 0 unspecified atom stereocenters. The van der Waals surface area contributed by atoms with Gasteiger partial charge in [-0.1, -0.05) is 34.1 Å². The van der Waals surface area contributed by atoms with Crippen LogP contribution < -0.4 is 0 Å². The van der Waals surface area contributed by atoms with Gasteiger partial charge in [-0.05, 0) is 25.8 Å². The third kappa shape index (κ3) is 2.94. The van der Waals surface area contributed by atoms with Crippen LogP contribution in [0.5, 0.6) is 0 Å². The molecular weight excluding hydrogens is 298 g/mol. The van der Waals surface area contributed by atoms with Gasteiger partial charge < -0.3 is 5.11 Å². The maximum absolute atomic E-state index is 8.86. The largest absolute Gasteiger partial charge is 0.396 e. The molecule has 0 aliphatic rings. The molecule has 1 N–H and O–H groups in total. The van der Waals surface area contributed by atoms with Crippen LogP contribution >= 0.6 is 27.3 Å². The van der Waals surface area contributed by atoms with E-state index >= 15 is 0 Å². The summed E-state index contributed by atoms with van der Waals surface area (Å²) in [6.45, 7) is 2.27. The van der Waals surface area contributed by atoms with Crippen LogP contribution in [0.1, 0.15) is 17.0 Å². The Morgan fingerprint density at radius 1 is 1.35 bits per heavy atom. The lowest BCUT2D eigenvalue weighted by Gasteiger charge is -1.98. The summed E-state index contributed by atoms with van der Waals surface area (Å²) in [5.41, 5.74) is 2.21. The molecule has 0 fully saturated rings. The van der Waals surface area contributed by atoms with Gasteiger partial charge in [0.1, 0.15) is 5.01 Å². The zero-order valence-electron chi connectivity index (χ0n) is 9.61. The first-order chi connectivity index (χ1) is 8.22. The van der Waals surface area contributed by atoms with E-state index in [1.54, 1.807) is 11.3 Å². The number of aryl methyl sites for hydroxylation is 2. The Bertz CT molecular complexity index is 510. The number of aliphatic hydroxyl groups excluding tert-OH is 1. The summed E-state index contributed by atoms with van der Waals surface area (Å²) in [5.74, 6) is 0. The SMILES string of the molecule is Cc1nc(-c2ccccc2Br)sc1CCCO. The molecule has 0 radical (unpaired) electrons. The topological polar surface area (TPSA) is 33.1 Å². The van der Waals surface area contributed by atoms with Crippen LogP contribution in [-0.2, 0) is 6.42 Å². The van der Waals surface area contributed by atoms with Gasteiger partial charge >= 0.3 is 0 Å². The van der Waals surface area contributed by atoms with Gasteiger partial charge in [-0.15, -0.1) is 11.3 Å². The molecule has 2 aromatic rings. The number of thiazole rings is 1. The highest BCUT2D eigenvalue weighted by Crippen LogP contribution is 2.33. The summed E-state index contributed by atoms with van der Waals surface area (Å²) in [4.78, 5) is 5.87. The molecule has 0 saturated carbocycles. The summed E-state index contributed by atoms with van der Waals surface area (Å²) >= 11 is 5.26. The third-order valence-electron chi connectivity index (χ3n) is 2.56. The standard InChI is InChI=1S/C13H14BrNOS/c1-9-12(7-4-8-16)17-13(15-9)10-5-2-3-6-11(10)14/h2-3,5-6,16H,4,7-8H2,1H3. The van der Waals surface area contributed by atoms with Crippen LogP contribution in [0, 0.1) is 6.92 Å². The van der Waals surface area contributed by atoms with Crippen molar-refractivity contribution in [1.82, 2.24) is 4.98 Å². The second-order valence-electron chi connectivity index (χ2n) is 3.83. The number of aliphatic hydroxyl groups is 1. The van der Waals surface area contributed by atoms with Gasteiger partial charge in [-0.2, -0.15) is 0 Å². The summed E-state index contributed by atoms with van der Waals surface area (Å²) < 4.78 is 1.07. The van der Waals surface area contributed by atoms with E-state index in [9.17, 15) is 0 Å². The van der Waals surface area contributed by atoms with Crippen molar-refractivity contribution in [2.75, 3.05) is 6.61 Å². The van der Waals surface area contributed by atoms with Crippen molar-refractivity contribution in [1.29, 1.82) is 0 Å². The lowest BCUT2D eigenvalue weighted by Crippen LogP contribution is -1.88. The molecule has 4 heteroatoms. The summed E-state index contributed by atoms with van der Waals surface area (Å²) in [7, 11) is 0. The molecular formula is C13H14BrNOS. The highest BCUT2D eigenvalue weighted by Gasteiger charge is 2.10. The minimum atomic E-state index is 0.238. The molecule has 1 aromatic carbocycles. The second kappa shape index (κ2) is 5.76. The molecule has 0 spiro atoms. The molecule has 0 amide bonds. The monoisotopic (exact) mass is 311 g/mol. The first kappa shape index (κ1) is 12.7. The first-order valence-electron chi connectivity index (χ1n) is 5.54. The maximum Gasteiger partial charge on any atom is 0.124 e. The Kier molecular flexibility index (Phi) is 4.31. The van der Waals surface area contributed by atoms with Gasteiger partial charge in [-0.3, -0.25) is 0 Å². The number of nitrogens with zero attached hydrogens (tertiary/aromatic N) is 1. The highest BCUT2D eigenvalue weighted by atomic mass is 79.9. The van der Waals surface area contributed by atoms with E-state index in [0.717, 1.165) is 33.6 Å². The van der Waals surface area contributed by atoms with Gasteiger partial charge in [0.25, 0.3) is 0 Å². The number of benzene rings is 1. The van der Waals surface area contributed by atoms with Crippen LogP contribution in [0.15, 0.2) is 28.7 Å². The fourth-order valence-corrected chi connectivity index (χ4v) is 3.40. The Labute approximate surface area is 113 Å². The zero-order chi connectivity index (χ0) is 12.3. The number of hydrogen-bond donors (Lipinski definition) is 1. The summed E-state index contributed by atoms with van der Waals surface area (Å²) in [6, 6.07) is 8.11. The molecule has 1 heterocycles. The van der Waals surface area contributed by atoms with Crippen molar-refractivity contribution < 1.29 is 5.11 Å².